The zero-order valence-electron chi connectivity index (χ0n) is 10.4. The summed E-state index contributed by atoms with van der Waals surface area (Å²) in [6.45, 7) is 4.47. The molecule has 5 heteroatoms. The molecule has 2 heterocycles. The lowest BCUT2D eigenvalue weighted by Gasteiger charge is -2.26. The summed E-state index contributed by atoms with van der Waals surface area (Å²) in [5.41, 5.74) is 0. The normalized spacial score (nSPS) is 22.6. The molecule has 2 atom stereocenters. The van der Waals surface area contributed by atoms with Gasteiger partial charge in [-0.3, -0.25) is 4.68 Å². The molecule has 0 radical (unpaired) electrons. The Morgan fingerprint density at radius 1 is 1.65 bits per heavy atom. The number of hydrogen-bond donors (Lipinski definition) is 1. The third-order valence-corrected chi connectivity index (χ3v) is 3.26. The average Bonchev–Trinajstić information content (AvgIpc) is 2.78. The Morgan fingerprint density at radius 3 is 3.24 bits per heavy atom. The standard InChI is InChI=1S/C12H21N3O2/c1-2-5-15-12(13-9-14-15)7-11(16)10-4-3-6-17-8-10/h9-11,16H,2-8H2,1H3. The van der Waals surface area contributed by atoms with Crippen molar-refractivity contribution in [3.05, 3.63) is 12.2 Å². The molecule has 1 saturated heterocycles. The molecule has 1 aliphatic heterocycles. The maximum Gasteiger partial charge on any atom is 0.138 e. The molecule has 1 aromatic rings. The fourth-order valence-corrected chi connectivity index (χ4v) is 2.27. The number of rotatable bonds is 5. The summed E-state index contributed by atoms with van der Waals surface area (Å²) in [6, 6.07) is 0. The monoisotopic (exact) mass is 239 g/mol. The molecule has 5 nitrogen and oxygen atoms in total. The van der Waals surface area contributed by atoms with E-state index >= 15 is 0 Å². The molecule has 2 unspecified atom stereocenters. The Balaban J connectivity index is 1.92. The van der Waals surface area contributed by atoms with Crippen LogP contribution in [0.25, 0.3) is 0 Å². The molecule has 1 fully saturated rings. The highest BCUT2D eigenvalue weighted by molar-refractivity contribution is 4.89. The lowest BCUT2D eigenvalue weighted by atomic mass is 9.94. The Bertz CT molecular complexity index is 334. The first-order valence-corrected chi connectivity index (χ1v) is 6.43. The van der Waals surface area contributed by atoms with Gasteiger partial charge in [0.2, 0.25) is 0 Å². The fraction of sp³-hybridized carbons (Fsp3) is 0.833. The molecule has 0 spiro atoms. The van der Waals surface area contributed by atoms with Crippen molar-refractivity contribution < 1.29 is 9.84 Å². The maximum atomic E-state index is 10.2. The van der Waals surface area contributed by atoms with Crippen molar-refractivity contribution in [1.82, 2.24) is 14.8 Å². The molecule has 0 amide bonds. The van der Waals surface area contributed by atoms with Gasteiger partial charge in [0.25, 0.3) is 0 Å². The first kappa shape index (κ1) is 12.5. The Labute approximate surface area is 102 Å². The van der Waals surface area contributed by atoms with Crippen molar-refractivity contribution in [2.24, 2.45) is 5.92 Å². The minimum Gasteiger partial charge on any atom is -0.392 e. The van der Waals surface area contributed by atoms with Crippen LogP contribution in [0.3, 0.4) is 0 Å². The Kier molecular flexibility index (Phi) is 4.50. The summed E-state index contributed by atoms with van der Waals surface area (Å²) in [6.07, 6.45) is 4.89. The van der Waals surface area contributed by atoms with E-state index < -0.39 is 0 Å². The fourth-order valence-electron chi connectivity index (χ4n) is 2.27. The Morgan fingerprint density at radius 2 is 2.53 bits per heavy atom. The molecule has 0 saturated carbocycles. The van der Waals surface area contributed by atoms with Crippen LogP contribution in [-0.2, 0) is 17.7 Å². The third kappa shape index (κ3) is 3.26. The average molecular weight is 239 g/mol. The van der Waals surface area contributed by atoms with E-state index in [0.29, 0.717) is 13.0 Å². The zero-order chi connectivity index (χ0) is 12.1. The summed E-state index contributed by atoms with van der Waals surface area (Å²) >= 11 is 0. The number of aliphatic hydroxyl groups excluding tert-OH is 1. The molecule has 0 bridgehead atoms. The van der Waals surface area contributed by atoms with E-state index in [1.165, 1.54) is 0 Å². The molecular weight excluding hydrogens is 218 g/mol. The van der Waals surface area contributed by atoms with E-state index in [1.807, 2.05) is 4.68 Å². The first-order valence-electron chi connectivity index (χ1n) is 6.43. The second kappa shape index (κ2) is 6.12. The molecule has 1 aromatic heterocycles. The summed E-state index contributed by atoms with van der Waals surface area (Å²) in [5.74, 6) is 1.13. The van der Waals surface area contributed by atoms with Crippen LogP contribution in [0.5, 0.6) is 0 Å². The maximum absolute atomic E-state index is 10.2. The molecule has 0 aromatic carbocycles. The van der Waals surface area contributed by atoms with Gasteiger partial charge in [0.1, 0.15) is 12.2 Å². The van der Waals surface area contributed by atoms with E-state index in [0.717, 1.165) is 38.2 Å². The van der Waals surface area contributed by atoms with Gasteiger partial charge in [0.05, 0.1) is 12.7 Å². The van der Waals surface area contributed by atoms with E-state index in [2.05, 4.69) is 17.0 Å². The predicted molar refractivity (Wildman–Crippen MR) is 63.6 cm³/mol. The van der Waals surface area contributed by atoms with Gasteiger partial charge in [0, 0.05) is 25.5 Å². The Hall–Kier alpha value is -0.940. The predicted octanol–water partition coefficient (Wildman–Crippen LogP) is 1.02. The van der Waals surface area contributed by atoms with Crippen LogP contribution in [0.4, 0.5) is 0 Å². The van der Waals surface area contributed by atoms with Crippen molar-refractivity contribution in [2.75, 3.05) is 13.2 Å². The van der Waals surface area contributed by atoms with E-state index in [1.54, 1.807) is 6.33 Å². The van der Waals surface area contributed by atoms with Gasteiger partial charge in [-0.05, 0) is 19.3 Å². The van der Waals surface area contributed by atoms with E-state index in [-0.39, 0.29) is 12.0 Å². The summed E-state index contributed by atoms with van der Waals surface area (Å²) in [5, 5.41) is 14.3. The highest BCUT2D eigenvalue weighted by Gasteiger charge is 2.24. The SMILES string of the molecule is CCCn1ncnc1CC(O)C1CCCOC1. The van der Waals surface area contributed by atoms with Crippen molar-refractivity contribution >= 4 is 0 Å². The van der Waals surface area contributed by atoms with Gasteiger partial charge in [-0.2, -0.15) is 5.10 Å². The van der Waals surface area contributed by atoms with Crippen LogP contribution in [0.1, 0.15) is 32.0 Å². The number of aromatic nitrogens is 3. The van der Waals surface area contributed by atoms with Crippen LogP contribution in [0.15, 0.2) is 6.33 Å². The third-order valence-electron chi connectivity index (χ3n) is 3.26. The molecular formula is C12H21N3O2. The van der Waals surface area contributed by atoms with E-state index in [4.69, 9.17) is 4.74 Å². The van der Waals surface area contributed by atoms with Crippen LogP contribution in [0.2, 0.25) is 0 Å². The zero-order valence-corrected chi connectivity index (χ0v) is 10.4. The van der Waals surface area contributed by atoms with Gasteiger partial charge in [-0.1, -0.05) is 6.92 Å². The number of aryl methyl sites for hydroxylation is 1. The van der Waals surface area contributed by atoms with Crippen molar-refractivity contribution in [3.8, 4) is 0 Å². The van der Waals surface area contributed by atoms with Crippen molar-refractivity contribution in [1.29, 1.82) is 0 Å². The second-order valence-electron chi connectivity index (χ2n) is 4.65. The number of ether oxygens (including phenoxy) is 1. The number of aliphatic hydroxyl groups is 1. The summed E-state index contributed by atoms with van der Waals surface area (Å²) in [4.78, 5) is 4.22. The first-order chi connectivity index (χ1) is 8.31. The molecule has 1 N–H and O–H groups in total. The molecule has 2 rings (SSSR count). The molecule has 0 aliphatic carbocycles. The molecule has 17 heavy (non-hydrogen) atoms. The highest BCUT2D eigenvalue weighted by Crippen LogP contribution is 2.19. The van der Waals surface area contributed by atoms with Gasteiger partial charge < -0.3 is 9.84 Å². The minimum atomic E-state index is -0.366. The van der Waals surface area contributed by atoms with Crippen molar-refractivity contribution in [3.63, 3.8) is 0 Å². The van der Waals surface area contributed by atoms with Crippen LogP contribution < -0.4 is 0 Å². The van der Waals surface area contributed by atoms with Gasteiger partial charge in [-0.15, -0.1) is 0 Å². The van der Waals surface area contributed by atoms with Gasteiger partial charge in [0.15, 0.2) is 0 Å². The minimum absolute atomic E-state index is 0.246. The lowest BCUT2D eigenvalue weighted by Crippen LogP contribution is -2.31. The number of nitrogens with zero attached hydrogens (tertiary/aromatic N) is 3. The smallest absolute Gasteiger partial charge is 0.138 e. The van der Waals surface area contributed by atoms with Crippen LogP contribution >= 0.6 is 0 Å². The summed E-state index contributed by atoms with van der Waals surface area (Å²) < 4.78 is 7.28. The van der Waals surface area contributed by atoms with Crippen molar-refractivity contribution in [2.45, 2.75) is 45.3 Å². The van der Waals surface area contributed by atoms with Gasteiger partial charge >= 0.3 is 0 Å². The lowest BCUT2D eigenvalue weighted by molar-refractivity contribution is -0.00948. The number of hydrogen-bond acceptors (Lipinski definition) is 4. The topological polar surface area (TPSA) is 60.2 Å². The second-order valence-corrected chi connectivity index (χ2v) is 4.65. The molecule has 96 valence electrons. The van der Waals surface area contributed by atoms with Gasteiger partial charge in [-0.25, -0.2) is 4.98 Å². The molecule has 1 aliphatic rings. The quantitative estimate of drug-likeness (QED) is 0.833. The van der Waals surface area contributed by atoms with Crippen LogP contribution in [0, 0.1) is 5.92 Å². The largest absolute Gasteiger partial charge is 0.392 e. The highest BCUT2D eigenvalue weighted by atomic mass is 16.5. The van der Waals surface area contributed by atoms with Crippen LogP contribution in [-0.4, -0.2) is 39.2 Å². The van der Waals surface area contributed by atoms with E-state index in [9.17, 15) is 5.11 Å². The summed E-state index contributed by atoms with van der Waals surface area (Å²) in [7, 11) is 0.